The van der Waals surface area contributed by atoms with Crippen LogP contribution in [0.25, 0.3) is 10.6 Å². The predicted molar refractivity (Wildman–Crippen MR) is 84.5 cm³/mol. The Kier molecular flexibility index (Phi) is 4.31. The van der Waals surface area contributed by atoms with Crippen molar-refractivity contribution >= 4 is 39.6 Å². The topological polar surface area (TPSA) is 62.3 Å². The summed E-state index contributed by atoms with van der Waals surface area (Å²) in [7, 11) is 0. The highest BCUT2D eigenvalue weighted by molar-refractivity contribution is 7.16. The number of amides is 2. The monoisotopic (exact) mass is 321 g/mol. The van der Waals surface area contributed by atoms with E-state index in [4.69, 9.17) is 0 Å². The zero-order chi connectivity index (χ0) is 14.7. The highest BCUT2D eigenvalue weighted by Gasteiger charge is 2.20. The molecule has 2 amide bonds. The van der Waals surface area contributed by atoms with Gasteiger partial charge in [0.1, 0.15) is 0 Å². The molecule has 2 aromatic rings. The average Bonchev–Trinajstić information content (AvgIpc) is 3.12. The van der Waals surface area contributed by atoms with Crippen molar-refractivity contribution in [3.8, 4) is 10.6 Å². The van der Waals surface area contributed by atoms with Gasteiger partial charge in [-0.05, 0) is 24.3 Å². The number of nitrogens with zero attached hydrogens (tertiary/aromatic N) is 2. The smallest absolute Gasteiger partial charge is 0.245 e. The second-order valence-corrected chi connectivity index (χ2v) is 6.64. The van der Waals surface area contributed by atoms with E-state index in [1.54, 1.807) is 16.2 Å². The fourth-order valence-electron chi connectivity index (χ4n) is 2.23. The van der Waals surface area contributed by atoms with Crippen LogP contribution >= 0.6 is 22.7 Å². The van der Waals surface area contributed by atoms with E-state index in [1.165, 1.54) is 11.3 Å². The van der Waals surface area contributed by atoms with Gasteiger partial charge in [-0.25, -0.2) is 4.98 Å². The van der Waals surface area contributed by atoms with Crippen molar-refractivity contribution in [2.45, 2.75) is 19.3 Å². The highest BCUT2D eigenvalue weighted by atomic mass is 32.1. The first-order chi connectivity index (χ1) is 10.2. The molecule has 1 N–H and O–H groups in total. The van der Waals surface area contributed by atoms with E-state index in [9.17, 15) is 9.59 Å². The van der Waals surface area contributed by atoms with Gasteiger partial charge < -0.3 is 10.2 Å². The summed E-state index contributed by atoms with van der Waals surface area (Å²) in [5, 5.41) is 7.27. The molecule has 1 aliphatic rings. The Morgan fingerprint density at radius 3 is 3.05 bits per heavy atom. The Hall–Kier alpha value is -1.73. The van der Waals surface area contributed by atoms with Crippen LogP contribution in [0.5, 0.6) is 0 Å². The van der Waals surface area contributed by atoms with E-state index in [-0.39, 0.29) is 18.4 Å². The maximum absolute atomic E-state index is 12.0. The van der Waals surface area contributed by atoms with Crippen molar-refractivity contribution in [1.29, 1.82) is 0 Å². The summed E-state index contributed by atoms with van der Waals surface area (Å²) in [6.07, 6.45) is 2.44. The minimum absolute atomic E-state index is 0.0646. The SMILES string of the molecule is O=C(CN1CCCCC1=O)Nc1nc(-c2cccs2)cs1. The lowest BCUT2D eigenvalue weighted by Crippen LogP contribution is -2.40. The fourth-order valence-corrected chi connectivity index (χ4v) is 3.72. The number of carbonyl (C=O) groups is 2. The summed E-state index contributed by atoms with van der Waals surface area (Å²) in [5.74, 6) is -0.118. The highest BCUT2D eigenvalue weighted by Crippen LogP contribution is 2.28. The molecule has 110 valence electrons. The molecular formula is C14H15N3O2S2. The average molecular weight is 321 g/mol. The zero-order valence-electron chi connectivity index (χ0n) is 11.4. The van der Waals surface area contributed by atoms with Crippen molar-refractivity contribution in [1.82, 2.24) is 9.88 Å². The van der Waals surface area contributed by atoms with Crippen molar-refractivity contribution in [2.24, 2.45) is 0 Å². The van der Waals surface area contributed by atoms with Crippen molar-refractivity contribution in [2.75, 3.05) is 18.4 Å². The molecule has 0 aromatic carbocycles. The second kappa shape index (κ2) is 6.36. The van der Waals surface area contributed by atoms with Gasteiger partial charge in [0, 0.05) is 18.3 Å². The Morgan fingerprint density at radius 1 is 1.38 bits per heavy atom. The Balaban J connectivity index is 1.59. The third-order valence-corrected chi connectivity index (χ3v) is 4.93. The second-order valence-electron chi connectivity index (χ2n) is 4.84. The molecule has 1 saturated heterocycles. The number of likely N-dealkylation sites (tertiary alicyclic amines) is 1. The number of nitrogens with one attached hydrogen (secondary N) is 1. The fraction of sp³-hybridized carbons (Fsp3) is 0.357. The van der Waals surface area contributed by atoms with E-state index in [0.29, 0.717) is 18.1 Å². The van der Waals surface area contributed by atoms with Gasteiger partial charge in [0.05, 0.1) is 17.1 Å². The van der Waals surface area contributed by atoms with E-state index in [2.05, 4.69) is 10.3 Å². The number of anilines is 1. The lowest BCUT2D eigenvalue weighted by atomic mass is 10.1. The summed E-state index contributed by atoms with van der Waals surface area (Å²) in [4.78, 5) is 30.8. The summed E-state index contributed by atoms with van der Waals surface area (Å²) in [6.45, 7) is 0.789. The van der Waals surface area contributed by atoms with Crippen LogP contribution in [0.2, 0.25) is 0 Å². The van der Waals surface area contributed by atoms with Crippen LogP contribution in [0.1, 0.15) is 19.3 Å². The van der Waals surface area contributed by atoms with Gasteiger partial charge >= 0.3 is 0 Å². The van der Waals surface area contributed by atoms with Gasteiger partial charge in [0.2, 0.25) is 11.8 Å². The molecule has 3 heterocycles. The number of hydrogen-bond acceptors (Lipinski definition) is 5. The van der Waals surface area contributed by atoms with Crippen LogP contribution in [0.15, 0.2) is 22.9 Å². The van der Waals surface area contributed by atoms with Gasteiger partial charge in [-0.15, -0.1) is 22.7 Å². The van der Waals surface area contributed by atoms with Crippen LogP contribution in [0.3, 0.4) is 0 Å². The molecule has 21 heavy (non-hydrogen) atoms. The van der Waals surface area contributed by atoms with E-state index in [1.807, 2.05) is 22.9 Å². The molecule has 3 rings (SSSR count). The van der Waals surface area contributed by atoms with Crippen LogP contribution in [-0.2, 0) is 9.59 Å². The standard InChI is InChI=1S/C14H15N3O2S2/c18-12(8-17-6-2-1-5-13(17)19)16-14-15-10(9-21-14)11-4-3-7-20-11/h3-4,7,9H,1-2,5-6,8H2,(H,15,16,18). The summed E-state index contributed by atoms with van der Waals surface area (Å²) in [6, 6.07) is 3.97. The molecule has 0 spiro atoms. The number of thiazole rings is 1. The van der Waals surface area contributed by atoms with Gasteiger partial charge in [-0.2, -0.15) is 0 Å². The number of carbonyl (C=O) groups excluding carboxylic acids is 2. The quantitative estimate of drug-likeness (QED) is 0.942. The van der Waals surface area contributed by atoms with Gasteiger partial charge in [-0.3, -0.25) is 9.59 Å². The molecule has 0 saturated carbocycles. The van der Waals surface area contributed by atoms with Crippen LogP contribution in [-0.4, -0.2) is 34.8 Å². The molecule has 7 heteroatoms. The van der Waals surface area contributed by atoms with Crippen LogP contribution in [0.4, 0.5) is 5.13 Å². The van der Waals surface area contributed by atoms with Crippen molar-refractivity contribution < 1.29 is 9.59 Å². The number of piperidine rings is 1. The van der Waals surface area contributed by atoms with Crippen LogP contribution < -0.4 is 5.32 Å². The number of thiophene rings is 1. The Morgan fingerprint density at radius 2 is 2.29 bits per heavy atom. The zero-order valence-corrected chi connectivity index (χ0v) is 13.0. The van der Waals surface area contributed by atoms with Gasteiger partial charge in [0.25, 0.3) is 0 Å². The van der Waals surface area contributed by atoms with Crippen molar-refractivity contribution in [3.05, 3.63) is 22.9 Å². The molecule has 1 fully saturated rings. The molecule has 1 aliphatic heterocycles. The molecule has 0 aliphatic carbocycles. The third kappa shape index (κ3) is 3.48. The van der Waals surface area contributed by atoms with Crippen LogP contribution in [0, 0.1) is 0 Å². The number of rotatable bonds is 4. The normalized spacial score (nSPS) is 15.2. The first-order valence-electron chi connectivity index (χ1n) is 6.79. The molecule has 0 unspecified atom stereocenters. The van der Waals surface area contributed by atoms with E-state index >= 15 is 0 Å². The Bertz CT molecular complexity index is 636. The van der Waals surface area contributed by atoms with E-state index in [0.717, 1.165) is 23.4 Å². The molecule has 0 radical (unpaired) electrons. The van der Waals surface area contributed by atoms with Crippen molar-refractivity contribution in [3.63, 3.8) is 0 Å². The largest absolute Gasteiger partial charge is 0.333 e. The predicted octanol–water partition coefficient (Wildman–Crippen LogP) is 2.82. The minimum Gasteiger partial charge on any atom is -0.333 e. The summed E-state index contributed by atoms with van der Waals surface area (Å²) >= 11 is 3.01. The van der Waals surface area contributed by atoms with Gasteiger partial charge in [-0.1, -0.05) is 6.07 Å². The molecular weight excluding hydrogens is 306 g/mol. The molecule has 0 atom stereocenters. The maximum Gasteiger partial charge on any atom is 0.245 e. The first-order valence-corrected chi connectivity index (χ1v) is 8.55. The third-order valence-electron chi connectivity index (χ3n) is 3.28. The first kappa shape index (κ1) is 14.2. The molecule has 5 nitrogen and oxygen atoms in total. The Labute approximate surface area is 130 Å². The maximum atomic E-state index is 12.0. The summed E-state index contributed by atoms with van der Waals surface area (Å²) < 4.78 is 0. The lowest BCUT2D eigenvalue weighted by molar-refractivity contribution is -0.136. The number of hydrogen-bond donors (Lipinski definition) is 1. The van der Waals surface area contributed by atoms with Gasteiger partial charge in [0.15, 0.2) is 5.13 Å². The molecule has 2 aromatic heterocycles. The lowest BCUT2D eigenvalue weighted by Gasteiger charge is -2.25. The summed E-state index contributed by atoms with van der Waals surface area (Å²) in [5.41, 5.74) is 0.874. The minimum atomic E-state index is -0.183. The van der Waals surface area contributed by atoms with E-state index < -0.39 is 0 Å². The number of aromatic nitrogens is 1. The molecule has 0 bridgehead atoms.